The Labute approximate surface area is 160 Å². The molecule has 1 heterocycles. The third kappa shape index (κ3) is 3.34. The van der Waals surface area contributed by atoms with Crippen LogP contribution in [-0.2, 0) is 21.2 Å². The molecule has 6 heteroatoms. The van der Waals surface area contributed by atoms with Gasteiger partial charge in [-0.2, -0.15) is 0 Å². The first-order chi connectivity index (χ1) is 12.8. The van der Waals surface area contributed by atoms with Crippen LogP contribution in [0.15, 0.2) is 41.3 Å². The normalized spacial score (nSPS) is 19.1. The summed E-state index contributed by atoms with van der Waals surface area (Å²) in [7, 11) is -3.69. The summed E-state index contributed by atoms with van der Waals surface area (Å²) in [4.78, 5) is 14.6. The standard InChI is InChI=1S/C21H24N2O3S/c1-13-4-5-14(2)19(10-13)22-27(25,26)18-8-9-20-17(12-18)11-15(3)23(20)21(24)16-6-7-16/h4-5,8-10,12,15-16,22H,6-7,11H2,1-3H3. The number of rotatable bonds is 4. The average Bonchev–Trinajstić information content (AvgIpc) is 3.39. The Balaban J connectivity index is 1.64. The fourth-order valence-corrected chi connectivity index (χ4v) is 4.86. The summed E-state index contributed by atoms with van der Waals surface area (Å²) >= 11 is 0. The molecule has 1 unspecified atom stereocenters. The van der Waals surface area contributed by atoms with Gasteiger partial charge in [-0.25, -0.2) is 8.42 Å². The van der Waals surface area contributed by atoms with Gasteiger partial charge in [0.05, 0.1) is 10.6 Å². The molecule has 1 fully saturated rings. The van der Waals surface area contributed by atoms with Crippen LogP contribution in [0.3, 0.4) is 0 Å². The van der Waals surface area contributed by atoms with Crippen LogP contribution in [0.4, 0.5) is 11.4 Å². The molecule has 1 atom stereocenters. The second kappa shape index (κ2) is 6.37. The van der Waals surface area contributed by atoms with Crippen molar-refractivity contribution in [2.75, 3.05) is 9.62 Å². The van der Waals surface area contributed by atoms with Crippen molar-refractivity contribution >= 4 is 27.3 Å². The van der Waals surface area contributed by atoms with E-state index < -0.39 is 10.0 Å². The number of aryl methyl sites for hydroxylation is 2. The van der Waals surface area contributed by atoms with E-state index in [1.807, 2.05) is 43.9 Å². The number of benzene rings is 2. The molecule has 0 bridgehead atoms. The van der Waals surface area contributed by atoms with Crippen molar-refractivity contribution in [2.24, 2.45) is 5.92 Å². The number of hydrogen-bond acceptors (Lipinski definition) is 3. The predicted octanol–water partition coefficient (Wildman–Crippen LogP) is 3.79. The van der Waals surface area contributed by atoms with Crippen molar-refractivity contribution in [2.45, 2.75) is 51.0 Å². The van der Waals surface area contributed by atoms with Gasteiger partial charge in [-0.05, 0) is 81.0 Å². The molecule has 0 aromatic heterocycles. The van der Waals surface area contributed by atoms with Crippen LogP contribution in [-0.4, -0.2) is 20.4 Å². The Morgan fingerprint density at radius 1 is 1.11 bits per heavy atom. The molecule has 2 aromatic carbocycles. The van der Waals surface area contributed by atoms with E-state index in [1.165, 1.54) is 0 Å². The van der Waals surface area contributed by atoms with E-state index in [0.29, 0.717) is 12.1 Å². The number of amides is 1. The Morgan fingerprint density at radius 2 is 1.85 bits per heavy atom. The Hall–Kier alpha value is -2.34. The van der Waals surface area contributed by atoms with Gasteiger partial charge in [-0.3, -0.25) is 9.52 Å². The molecule has 1 N–H and O–H groups in total. The fourth-order valence-electron chi connectivity index (χ4n) is 3.69. The molecule has 27 heavy (non-hydrogen) atoms. The first-order valence-electron chi connectivity index (χ1n) is 9.32. The number of sulfonamides is 1. The maximum Gasteiger partial charge on any atom is 0.261 e. The summed E-state index contributed by atoms with van der Waals surface area (Å²) in [5.74, 6) is 0.318. The lowest BCUT2D eigenvalue weighted by molar-refractivity contribution is -0.120. The number of hydrogen-bond donors (Lipinski definition) is 1. The average molecular weight is 385 g/mol. The summed E-state index contributed by atoms with van der Waals surface area (Å²) in [6.07, 6.45) is 2.61. The van der Waals surface area contributed by atoms with Crippen LogP contribution in [0.25, 0.3) is 0 Å². The first-order valence-corrected chi connectivity index (χ1v) is 10.8. The van der Waals surface area contributed by atoms with E-state index in [-0.39, 0.29) is 22.8 Å². The van der Waals surface area contributed by atoms with Gasteiger partial charge in [0.2, 0.25) is 5.91 Å². The predicted molar refractivity (Wildman–Crippen MR) is 107 cm³/mol. The summed E-state index contributed by atoms with van der Waals surface area (Å²) < 4.78 is 28.5. The van der Waals surface area contributed by atoms with Crippen molar-refractivity contribution in [3.63, 3.8) is 0 Å². The van der Waals surface area contributed by atoms with Gasteiger partial charge < -0.3 is 4.90 Å². The molecule has 0 radical (unpaired) electrons. The van der Waals surface area contributed by atoms with E-state index >= 15 is 0 Å². The highest BCUT2D eigenvalue weighted by molar-refractivity contribution is 7.92. The topological polar surface area (TPSA) is 66.5 Å². The van der Waals surface area contributed by atoms with E-state index in [2.05, 4.69) is 4.72 Å². The molecule has 0 saturated heterocycles. The van der Waals surface area contributed by atoms with Crippen LogP contribution in [0, 0.1) is 19.8 Å². The molecule has 1 saturated carbocycles. The largest absolute Gasteiger partial charge is 0.309 e. The van der Waals surface area contributed by atoms with Gasteiger partial charge in [-0.15, -0.1) is 0 Å². The highest BCUT2D eigenvalue weighted by atomic mass is 32.2. The number of carbonyl (C=O) groups excluding carboxylic acids is 1. The lowest BCUT2D eigenvalue weighted by Crippen LogP contribution is -2.36. The van der Waals surface area contributed by atoms with Crippen LogP contribution in [0.1, 0.15) is 36.5 Å². The van der Waals surface area contributed by atoms with Gasteiger partial charge in [0, 0.05) is 17.6 Å². The molecule has 1 aliphatic heterocycles. The van der Waals surface area contributed by atoms with E-state index in [9.17, 15) is 13.2 Å². The first kappa shape index (κ1) is 18.0. The highest BCUT2D eigenvalue weighted by Crippen LogP contribution is 2.39. The monoisotopic (exact) mass is 384 g/mol. The second-order valence-electron chi connectivity index (χ2n) is 7.75. The summed E-state index contributed by atoms with van der Waals surface area (Å²) in [6, 6.07) is 10.8. The van der Waals surface area contributed by atoms with E-state index in [4.69, 9.17) is 0 Å². The maximum absolute atomic E-state index is 12.9. The molecule has 0 spiro atoms. The molecule has 1 amide bonds. The minimum atomic E-state index is -3.69. The number of nitrogens with one attached hydrogen (secondary N) is 1. The lowest BCUT2D eigenvalue weighted by Gasteiger charge is -2.22. The molecule has 2 aliphatic rings. The molecular weight excluding hydrogens is 360 g/mol. The zero-order valence-electron chi connectivity index (χ0n) is 15.8. The Morgan fingerprint density at radius 3 is 2.56 bits per heavy atom. The number of nitrogens with zero attached hydrogens (tertiary/aromatic N) is 1. The van der Waals surface area contributed by atoms with Gasteiger partial charge in [0.1, 0.15) is 0 Å². The third-order valence-corrected chi connectivity index (χ3v) is 6.74. The molecule has 142 valence electrons. The van der Waals surface area contributed by atoms with Crippen LogP contribution < -0.4 is 9.62 Å². The van der Waals surface area contributed by atoms with E-state index in [1.54, 1.807) is 18.2 Å². The molecular formula is C21H24N2O3S. The summed E-state index contributed by atoms with van der Waals surface area (Å²) in [5, 5.41) is 0. The van der Waals surface area contributed by atoms with Gasteiger partial charge >= 0.3 is 0 Å². The number of fused-ring (bicyclic) bond motifs is 1. The highest BCUT2D eigenvalue weighted by Gasteiger charge is 2.39. The lowest BCUT2D eigenvalue weighted by atomic mass is 10.1. The minimum Gasteiger partial charge on any atom is -0.309 e. The summed E-state index contributed by atoms with van der Waals surface area (Å²) in [5.41, 5.74) is 4.23. The Kier molecular flexibility index (Phi) is 4.26. The molecule has 1 aliphatic carbocycles. The fraction of sp³-hybridized carbons (Fsp3) is 0.381. The van der Waals surface area contributed by atoms with E-state index in [0.717, 1.165) is 35.2 Å². The quantitative estimate of drug-likeness (QED) is 0.872. The molecule has 5 nitrogen and oxygen atoms in total. The zero-order valence-corrected chi connectivity index (χ0v) is 16.6. The van der Waals surface area contributed by atoms with Crippen LogP contribution in [0.2, 0.25) is 0 Å². The maximum atomic E-state index is 12.9. The number of carbonyl (C=O) groups is 1. The van der Waals surface area contributed by atoms with Crippen LogP contribution >= 0.6 is 0 Å². The second-order valence-corrected chi connectivity index (χ2v) is 9.43. The van der Waals surface area contributed by atoms with Gasteiger partial charge in [0.25, 0.3) is 10.0 Å². The van der Waals surface area contributed by atoms with Crippen LogP contribution in [0.5, 0.6) is 0 Å². The van der Waals surface area contributed by atoms with Crippen molar-refractivity contribution in [3.8, 4) is 0 Å². The molecule has 4 rings (SSSR count). The zero-order chi connectivity index (χ0) is 19.3. The SMILES string of the molecule is Cc1ccc(C)c(NS(=O)(=O)c2ccc3c(c2)CC(C)N3C(=O)C2CC2)c1. The van der Waals surface area contributed by atoms with Crippen molar-refractivity contribution < 1.29 is 13.2 Å². The summed E-state index contributed by atoms with van der Waals surface area (Å²) in [6.45, 7) is 5.82. The van der Waals surface area contributed by atoms with Crippen molar-refractivity contribution in [1.29, 1.82) is 0 Å². The third-order valence-electron chi connectivity index (χ3n) is 5.38. The number of anilines is 2. The van der Waals surface area contributed by atoms with Crippen molar-refractivity contribution in [3.05, 3.63) is 53.1 Å². The van der Waals surface area contributed by atoms with Gasteiger partial charge in [0.15, 0.2) is 0 Å². The van der Waals surface area contributed by atoms with Gasteiger partial charge in [-0.1, -0.05) is 12.1 Å². The smallest absolute Gasteiger partial charge is 0.261 e. The Bertz CT molecular complexity index is 1030. The molecule has 2 aromatic rings. The minimum absolute atomic E-state index is 0.0676. The van der Waals surface area contributed by atoms with Crippen molar-refractivity contribution in [1.82, 2.24) is 0 Å².